The lowest BCUT2D eigenvalue weighted by Crippen LogP contribution is -2.10. The van der Waals surface area contributed by atoms with Crippen LogP contribution >= 0.6 is 0 Å². The van der Waals surface area contributed by atoms with Crippen LogP contribution in [0.1, 0.15) is 19.3 Å². The minimum atomic E-state index is 0.289. The third-order valence-electron chi connectivity index (χ3n) is 4.83. The van der Waals surface area contributed by atoms with Crippen molar-refractivity contribution in [3.63, 3.8) is 0 Å². The molecule has 0 N–H and O–H groups in total. The van der Waals surface area contributed by atoms with Crippen molar-refractivity contribution in [2.75, 3.05) is 6.61 Å². The van der Waals surface area contributed by atoms with Gasteiger partial charge in [0.1, 0.15) is 17.1 Å². The number of ether oxygens (including phenoxy) is 1. The molecule has 0 aliphatic heterocycles. The summed E-state index contributed by atoms with van der Waals surface area (Å²) in [5.74, 6) is 1.85. The number of fused-ring (bicyclic) bond motifs is 2. The lowest BCUT2D eigenvalue weighted by molar-refractivity contribution is -0.117. The zero-order chi connectivity index (χ0) is 17.5. The molecule has 3 aromatic heterocycles. The minimum Gasteiger partial charge on any atom is -0.476 e. The van der Waals surface area contributed by atoms with E-state index < -0.39 is 0 Å². The van der Waals surface area contributed by atoms with Gasteiger partial charge in [-0.2, -0.15) is 0 Å². The van der Waals surface area contributed by atoms with Gasteiger partial charge in [-0.25, -0.2) is 9.50 Å². The number of para-hydroxylation sites is 1. The molecule has 0 saturated heterocycles. The molecule has 5 rings (SSSR count). The second-order valence-electron chi connectivity index (χ2n) is 6.69. The number of nitrogens with zero attached hydrogens (tertiary/aromatic N) is 3. The molecule has 1 aliphatic rings. The van der Waals surface area contributed by atoms with Gasteiger partial charge in [-0.15, -0.1) is 5.10 Å². The molecule has 130 valence electrons. The zero-order valence-corrected chi connectivity index (χ0v) is 14.1. The Balaban J connectivity index is 1.46. The van der Waals surface area contributed by atoms with Gasteiger partial charge in [-0.1, -0.05) is 18.2 Å². The van der Waals surface area contributed by atoms with Crippen molar-refractivity contribution in [2.45, 2.75) is 19.3 Å². The van der Waals surface area contributed by atoms with E-state index in [9.17, 15) is 4.79 Å². The lowest BCUT2D eigenvalue weighted by Gasteiger charge is -2.10. The Kier molecular flexibility index (Phi) is 3.48. The van der Waals surface area contributed by atoms with E-state index in [-0.39, 0.29) is 5.92 Å². The second kappa shape index (κ2) is 5.98. The number of carbonyl (C=O) groups excluding carboxylic acids is 1. The summed E-state index contributed by atoms with van der Waals surface area (Å²) in [6.07, 6.45) is 3.92. The fourth-order valence-corrected chi connectivity index (χ4v) is 3.45. The smallest absolute Gasteiger partial charge is 0.231 e. The molecule has 1 saturated carbocycles. The van der Waals surface area contributed by atoms with Gasteiger partial charge in [0, 0.05) is 30.2 Å². The summed E-state index contributed by atoms with van der Waals surface area (Å²) in [6.45, 7) is 0.513. The topological polar surface area (TPSA) is 69.6 Å². The molecule has 3 heterocycles. The number of hydrogen-bond donors (Lipinski definition) is 0. The average molecular weight is 347 g/mol. The summed E-state index contributed by atoms with van der Waals surface area (Å²) in [7, 11) is 0. The number of furan rings is 1. The van der Waals surface area contributed by atoms with Crippen molar-refractivity contribution < 1.29 is 13.9 Å². The molecule has 1 atom stereocenters. The van der Waals surface area contributed by atoms with Crippen LogP contribution in [0.25, 0.3) is 28.1 Å². The molecular formula is C20H17N3O3. The average Bonchev–Trinajstić information content (AvgIpc) is 3.36. The predicted molar refractivity (Wildman–Crippen MR) is 96.0 cm³/mol. The Morgan fingerprint density at radius 1 is 1.23 bits per heavy atom. The van der Waals surface area contributed by atoms with E-state index in [0.717, 1.165) is 28.7 Å². The van der Waals surface area contributed by atoms with Crippen molar-refractivity contribution in [2.24, 2.45) is 5.92 Å². The van der Waals surface area contributed by atoms with Gasteiger partial charge in [0.2, 0.25) is 5.88 Å². The largest absolute Gasteiger partial charge is 0.476 e. The van der Waals surface area contributed by atoms with Crippen LogP contribution in [0.2, 0.25) is 0 Å². The van der Waals surface area contributed by atoms with Crippen molar-refractivity contribution in [3.05, 3.63) is 48.7 Å². The molecule has 0 amide bonds. The maximum Gasteiger partial charge on any atom is 0.231 e. The molecular weight excluding hydrogens is 330 g/mol. The van der Waals surface area contributed by atoms with Crippen molar-refractivity contribution in [3.8, 4) is 17.3 Å². The molecule has 26 heavy (non-hydrogen) atoms. The van der Waals surface area contributed by atoms with Crippen LogP contribution in [0, 0.1) is 5.92 Å². The molecule has 4 aromatic rings. The highest BCUT2D eigenvalue weighted by molar-refractivity contribution is 5.82. The zero-order valence-electron chi connectivity index (χ0n) is 14.1. The van der Waals surface area contributed by atoms with Gasteiger partial charge in [0.25, 0.3) is 0 Å². The number of Topliss-reactive ketones (excluding diaryl/α,β-unsaturated/α-hetero) is 1. The number of aromatic nitrogens is 3. The summed E-state index contributed by atoms with van der Waals surface area (Å²) in [6, 6.07) is 13.5. The van der Waals surface area contributed by atoms with Crippen LogP contribution in [0.5, 0.6) is 5.88 Å². The highest BCUT2D eigenvalue weighted by Crippen LogP contribution is 2.28. The molecule has 1 aromatic carbocycles. The van der Waals surface area contributed by atoms with E-state index in [4.69, 9.17) is 9.15 Å². The summed E-state index contributed by atoms with van der Waals surface area (Å²) >= 11 is 0. The lowest BCUT2D eigenvalue weighted by atomic mass is 10.1. The van der Waals surface area contributed by atoms with Gasteiger partial charge in [0.15, 0.2) is 11.4 Å². The number of benzene rings is 1. The van der Waals surface area contributed by atoms with Crippen molar-refractivity contribution in [1.29, 1.82) is 0 Å². The maximum atomic E-state index is 11.4. The Labute approximate surface area is 149 Å². The van der Waals surface area contributed by atoms with E-state index in [1.165, 1.54) is 0 Å². The first-order chi connectivity index (χ1) is 12.8. The molecule has 1 aliphatic carbocycles. The molecule has 0 spiro atoms. The first-order valence-electron chi connectivity index (χ1n) is 8.74. The summed E-state index contributed by atoms with van der Waals surface area (Å²) in [4.78, 5) is 15.8. The van der Waals surface area contributed by atoms with E-state index in [1.807, 2.05) is 42.5 Å². The normalized spacial score (nSPS) is 17.4. The summed E-state index contributed by atoms with van der Waals surface area (Å²) in [5, 5.41) is 5.59. The van der Waals surface area contributed by atoms with Crippen LogP contribution in [-0.4, -0.2) is 27.0 Å². The van der Waals surface area contributed by atoms with E-state index in [1.54, 1.807) is 10.7 Å². The van der Waals surface area contributed by atoms with Crippen LogP contribution in [-0.2, 0) is 4.79 Å². The third-order valence-corrected chi connectivity index (χ3v) is 4.83. The fraction of sp³-hybridized carbons (Fsp3) is 0.250. The highest BCUT2D eigenvalue weighted by atomic mass is 16.5. The van der Waals surface area contributed by atoms with Gasteiger partial charge in [-0.3, -0.25) is 4.79 Å². The van der Waals surface area contributed by atoms with Crippen LogP contribution in [0.4, 0.5) is 0 Å². The second-order valence-corrected chi connectivity index (χ2v) is 6.69. The van der Waals surface area contributed by atoms with E-state index in [0.29, 0.717) is 36.9 Å². The van der Waals surface area contributed by atoms with Gasteiger partial charge in [-0.05, 0) is 24.6 Å². The van der Waals surface area contributed by atoms with Crippen molar-refractivity contribution in [1.82, 2.24) is 14.6 Å². The number of imidazole rings is 1. The van der Waals surface area contributed by atoms with Gasteiger partial charge < -0.3 is 9.15 Å². The van der Waals surface area contributed by atoms with E-state index >= 15 is 0 Å². The molecule has 0 bridgehead atoms. The summed E-state index contributed by atoms with van der Waals surface area (Å²) in [5.41, 5.74) is 2.33. The molecule has 1 unspecified atom stereocenters. The molecule has 1 fully saturated rings. The first kappa shape index (κ1) is 15.1. The number of hydrogen-bond acceptors (Lipinski definition) is 5. The van der Waals surface area contributed by atoms with Crippen LogP contribution in [0.15, 0.2) is 53.1 Å². The molecule has 6 heteroatoms. The quantitative estimate of drug-likeness (QED) is 0.560. The standard InChI is InChI=1S/C20H17N3O3/c24-15-6-5-13(9-15)12-25-20-8-7-19-21-11-16(23(19)22-20)18-10-14-3-1-2-4-17(14)26-18/h1-4,7-8,10-11,13H,5-6,9,12H2. The first-order valence-corrected chi connectivity index (χ1v) is 8.74. The Bertz CT molecular complexity index is 1080. The number of rotatable bonds is 4. The fourth-order valence-electron chi connectivity index (χ4n) is 3.45. The minimum absolute atomic E-state index is 0.289. The van der Waals surface area contributed by atoms with Gasteiger partial charge >= 0.3 is 0 Å². The van der Waals surface area contributed by atoms with Gasteiger partial charge in [0.05, 0.1) is 12.8 Å². The monoisotopic (exact) mass is 347 g/mol. The molecule has 0 radical (unpaired) electrons. The molecule has 6 nitrogen and oxygen atoms in total. The predicted octanol–water partition coefficient (Wildman–Crippen LogP) is 3.89. The summed E-state index contributed by atoms with van der Waals surface area (Å²) < 4.78 is 13.5. The Hall–Kier alpha value is -3.15. The Morgan fingerprint density at radius 3 is 3.00 bits per heavy atom. The Morgan fingerprint density at radius 2 is 2.15 bits per heavy atom. The van der Waals surface area contributed by atoms with E-state index in [2.05, 4.69) is 10.1 Å². The third kappa shape index (κ3) is 2.63. The number of carbonyl (C=O) groups is 1. The van der Waals surface area contributed by atoms with Crippen LogP contribution < -0.4 is 4.74 Å². The van der Waals surface area contributed by atoms with Crippen LogP contribution in [0.3, 0.4) is 0 Å². The maximum absolute atomic E-state index is 11.4. The SMILES string of the molecule is O=C1CCC(COc2ccc3ncc(-c4cc5ccccc5o4)n3n2)C1. The van der Waals surface area contributed by atoms with Crippen molar-refractivity contribution >= 4 is 22.4 Å². The number of ketones is 1. The highest BCUT2D eigenvalue weighted by Gasteiger charge is 2.22.